The van der Waals surface area contributed by atoms with E-state index in [-0.39, 0.29) is 11.6 Å². The number of carbonyl (C=O) groups is 2. The average Bonchev–Trinajstić information content (AvgIpc) is 3.88. The number of nitrogens with one attached hydrogen (secondary N) is 2. The van der Waals surface area contributed by atoms with Gasteiger partial charge in [0.1, 0.15) is 5.75 Å². The quantitative estimate of drug-likeness (QED) is 0.0812. The fourth-order valence-electron chi connectivity index (χ4n) is 6.60. The van der Waals surface area contributed by atoms with Crippen molar-refractivity contribution in [2.75, 3.05) is 23.4 Å². The summed E-state index contributed by atoms with van der Waals surface area (Å²) in [5, 5.41) is 17.6. The number of nitrogens with zero attached hydrogens (tertiary/aromatic N) is 4. The Bertz CT molecular complexity index is 2140. The Labute approximate surface area is 304 Å². The highest BCUT2D eigenvalue weighted by Crippen LogP contribution is 2.33. The first-order chi connectivity index (χ1) is 24.7. The molecule has 0 saturated carbocycles. The lowest BCUT2D eigenvalue weighted by atomic mass is 9.94. The van der Waals surface area contributed by atoms with Gasteiger partial charge in [0.15, 0.2) is 22.0 Å². The Morgan fingerprint density at radius 3 is 2.63 bits per heavy atom. The lowest BCUT2D eigenvalue weighted by molar-refractivity contribution is -0.771. The smallest absolute Gasteiger partial charge is 0.355 e. The van der Waals surface area contributed by atoms with Gasteiger partial charge in [-0.05, 0) is 72.2 Å². The van der Waals surface area contributed by atoms with E-state index < -0.39 is 5.97 Å². The number of aromatic carboxylic acids is 1. The van der Waals surface area contributed by atoms with Gasteiger partial charge < -0.3 is 14.7 Å². The SMILES string of the molecule is CC(C)CC(C)[n+]1cc(-c2ccc(OCCCc3sc(N4CCc5cccc(C(=O)Nc6nc7ccccc7s6)c5C4)nc3C(=O)O)cc2)c[nH]1. The molecule has 0 spiro atoms. The predicted octanol–water partition coefficient (Wildman–Crippen LogP) is 8.17. The molecule has 0 fully saturated rings. The summed E-state index contributed by atoms with van der Waals surface area (Å²) >= 11 is 2.85. The Morgan fingerprint density at radius 1 is 1.02 bits per heavy atom. The zero-order chi connectivity index (χ0) is 35.5. The average molecular weight is 722 g/mol. The van der Waals surface area contributed by atoms with E-state index in [2.05, 4.69) is 75.1 Å². The monoisotopic (exact) mass is 721 g/mol. The molecule has 3 aromatic heterocycles. The van der Waals surface area contributed by atoms with Crippen LogP contribution in [0, 0.1) is 5.92 Å². The van der Waals surface area contributed by atoms with Crippen LogP contribution in [0.25, 0.3) is 21.3 Å². The molecule has 3 aromatic carbocycles. The first-order valence-electron chi connectivity index (χ1n) is 17.3. The largest absolute Gasteiger partial charge is 0.494 e. The molecule has 1 aliphatic rings. The van der Waals surface area contributed by atoms with Crippen molar-refractivity contribution in [3.05, 3.63) is 106 Å². The van der Waals surface area contributed by atoms with E-state index in [0.717, 1.165) is 55.9 Å². The van der Waals surface area contributed by atoms with Crippen molar-refractivity contribution in [3.63, 3.8) is 0 Å². The van der Waals surface area contributed by atoms with E-state index in [1.807, 2.05) is 54.7 Å². The number of ether oxygens (including phenoxy) is 1. The van der Waals surface area contributed by atoms with Gasteiger partial charge in [-0.25, -0.2) is 14.8 Å². The lowest BCUT2D eigenvalue weighted by Gasteiger charge is -2.29. The van der Waals surface area contributed by atoms with Crippen molar-refractivity contribution >= 4 is 55.0 Å². The number of benzene rings is 3. The Kier molecular flexibility index (Phi) is 10.1. The van der Waals surface area contributed by atoms with Crippen molar-refractivity contribution in [2.24, 2.45) is 5.92 Å². The van der Waals surface area contributed by atoms with Crippen molar-refractivity contribution in [2.45, 2.75) is 59.0 Å². The van der Waals surface area contributed by atoms with Crippen molar-refractivity contribution in [3.8, 4) is 16.9 Å². The van der Waals surface area contributed by atoms with Gasteiger partial charge >= 0.3 is 5.97 Å². The van der Waals surface area contributed by atoms with Crippen LogP contribution in [0.5, 0.6) is 5.75 Å². The highest BCUT2D eigenvalue weighted by atomic mass is 32.1. The number of carbonyl (C=O) groups excluding carboxylic acids is 1. The molecule has 0 saturated heterocycles. The molecule has 4 heterocycles. The number of aryl methyl sites for hydroxylation is 1. The third-order valence-corrected chi connectivity index (χ3v) is 11.3. The minimum atomic E-state index is -1.04. The maximum Gasteiger partial charge on any atom is 0.355 e. The molecule has 7 rings (SSSR count). The molecule has 10 nitrogen and oxygen atoms in total. The van der Waals surface area contributed by atoms with Crippen molar-refractivity contribution in [1.29, 1.82) is 0 Å². The lowest BCUT2D eigenvalue weighted by Crippen LogP contribution is -2.39. The van der Waals surface area contributed by atoms with Crippen LogP contribution >= 0.6 is 22.7 Å². The summed E-state index contributed by atoms with van der Waals surface area (Å²) < 4.78 is 9.20. The summed E-state index contributed by atoms with van der Waals surface area (Å²) in [4.78, 5) is 37.6. The number of carboxylic acid groups (broad SMARTS) is 1. The molecule has 1 atom stereocenters. The predicted molar refractivity (Wildman–Crippen MR) is 202 cm³/mol. The normalized spacial score (nSPS) is 13.4. The first kappa shape index (κ1) is 34.4. The first-order valence-corrected chi connectivity index (χ1v) is 18.9. The second-order valence-corrected chi connectivity index (χ2v) is 15.4. The summed E-state index contributed by atoms with van der Waals surface area (Å²) in [5.74, 6) is 0.151. The maximum absolute atomic E-state index is 13.5. The fraction of sp³-hybridized carbons (Fsp3) is 0.308. The topological polar surface area (TPSA) is 124 Å². The van der Waals surface area contributed by atoms with Crippen LogP contribution in [0.3, 0.4) is 0 Å². The number of hydrogen-bond acceptors (Lipinski definition) is 8. The Balaban J connectivity index is 0.969. The number of amides is 1. The number of fused-ring (bicyclic) bond motifs is 2. The van der Waals surface area contributed by atoms with Crippen LogP contribution in [-0.4, -0.2) is 45.2 Å². The summed E-state index contributed by atoms with van der Waals surface area (Å²) in [6.45, 7) is 8.29. The molecule has 0 aliphatic carbocycles. The zero-order valence-electron chi connectivity index (χ0n) is 28.9. The molecule has 3 N–H and O–H groups in total. The molecule has 1 unspecified atom stereocenters. The van der Waals surface area contributed by atoms with Gasteiger partial charge in [-0.15, -0.1) is 16.0 Å². The standard InChI is InChI=1S/C39H40N6O4S2/c1-24(2)20-25(3)45-22-28(21-40-45)26-13-15-29(16-14-26)49-19-7-12-34-35(37(47)48)42-39(51-34)44-18-17-27-8-6-9-30(31(27)23-44)36(46)43-38-41-32-10-4-5-11-33(32)50-38/h4-6,8-11,13-16,21-22,24-25H,7,12,17-20,23H2,1-3H3,(H2,41,43,46,47,48)/p+1. The number of aromatic nitrogens is 4. The van der Waals surface area contributed by atoms with Crippen LogP contribution in [0.15, 0.2) is 79.1 Å². The number of thiazole rings is 2. The molecule has 6 aromatic rings. The van der Waals surface area contributed by atoms with Crippen LogP contribution < -0.4 is 19.6 Å². The summed E-state index contributed by atoms with van der Waals surface area (Å²) in [5.41, 5.74) is 5.78. The minimum absolute atomic E-state index is 0.0819. The van der Waals surface area contributed by atoms with Gasteiger partial charge in [0.25, 0.3) is 5.91 Å². The van der Waals surface area contributed by atoms with Crippen LogP contribution in [0.2, 0.25) is 0 Å². The molecule has 262 valence electrons. The van der Waals surface area contributed by atoms with E-state index in [4.69, 9.17) is 4.74 Å². The van der Waals surface area contributed by atoms with E-state index in [1.165, 1.54) is 22.7 Å². The summed E-state index contributed by atoms with van der Waals surface area (Å²) in [6.07, 6.45) is 7.19. The van der Waals surface area contributed by atoms with E-state index in [0.29, 0.717) is 60.3 Å². The third-order valence-electron chi connectivity index (χ3n) is 9.13. The van der Waals surface area contributed by atoms with Crippen LogP contribution in [-0.2, 0) is 19.4 Å². The highest BCUT2D eigenvalue weighted by molar-refractivity contribution is 7.22. The molecule has 1 aliphatic heterocycles. The number of aromatic amines is 1. The van der Waals surface area contributed by atoms with Crippen molar-refractivity contribution < 1.29 is 24.1 Å². The van der Waals surface area contributed by atoms with Gasteiger partial charge in [-0.1, -0.05) is 61.6 Å². The molecule has 0 radical (unpaired) electrons. The molecule has 51 heavy (non-hydrogen) atoms. The third kappa shape index (κ3) is 7.82. The van der Waals surface area contributed by atoms with Crippen molar-refractivity contribution in [1.82, 2.24) is 15.1 Å². The minimum Gasteiger partial charge on any atom is -0.494 e. The number of anilines is 2. The number of H-pyrrole nitrogens is 1. The number of carboxylic acids is 1. The van der Waals surface area contributed by atoms with Gasteiger partial charge in [-0.3, -0.25) is 10.1 Å². The number of para-hydroxylation sites is 1. The highest BCUT2D eigenvalue weighted by Gasteiger charge is 2.27. The molecule has 1 amide bonds. The second kappa shape index (κ2) is 15.0. The van der Waals surface area contributed by atoms with E-state index in [9.17, 15) is 14.7 Å². The molecular formula is C39H41N6O4S2+. The summed E-state index contributed by atoms with van der Waals surface area (Å²) in [6, 6.07) is 22.0. The second-order valence-electron chi connectivity index (χ2n) is 13.3. The maximum atomic E-state index is 13.5. The van der Waals surface area contributed by atoms with Gasteiger partial charge in [0, 0.05) is 36.9 Å². The molecular weight excluding hydrogens is 681 g/mol. The van der Waals surface area contributed by atoms with Gasteiger partial charge in [-0.2, -0.15) is 5.10 Å². The van der Waals surface area contributed by atoms with Gasteiger partial charge in [0.05, 0.1) is 28.6 Å². The van der Waals surface area contributed by atoms with E-state index >= 15 is 0 Å². The Hall–Kier alpha value is -5.07. The summed E-state index contributed by atoms with van der Waals surface area (Å²) in [7, 11) is 0. The fourth-order valence-corrected chi connectivity index (χ4v) is 8.58. The number of hydrogen-bond donors (Lipinski definition) is 3. The molecule has 12 heteroatoms. The van der Waals surface area contributed by atoms with E-state index in [1.54, 1.807) is 0 Å². The van der Waals surface area contributed by atoms with Crippen LogP contribution in [0.4, 0.5) is 10.3 Å². The number of rotatable bonds is 13. The van der Waals surface area contributed by atoms with Crippen LogP contribution in [0.1, 0.15) is 76.5 Å². The Morgan fingerprint density at radius 2 is 1.84 bits per heavy atom. The molecule has 0 bridgehead atoms. The van der Waals surface area contributed by atoms with Gasteiger partial charge in [0.2, 0.25) is 6.20 Å². The zero-order valence-corrected chi connectivity index (χ0v) is 30.5.